The second-order valence-corrected chi connectivity index (χ2v) is 4.40. The van der Waals surface area contributed by atoms with Crippen molar-refractivity contribution in [3.63, 3.8) is 0 Å². The van der Waals surface area contributed by atoms with Crippen molar-refractivity contribution >= 4 is 0 Å². The fourth-order valence-corrected chi connectivity index (χ4v) is 1.95. The second-order valence-electron chi connectivity index (χ2n) is 4.40. The Balaban J connectivity index is 2.67. The summed E-state index contributed by atoms with van der Waals surface area (Å²) >= 11 is 0. The fourth-order valence-electron chi connectivity index (χ4n) is 1.95. The van der Waals surface area contributed by atoms with Gasteiger partial charge in [-0.25, -0.2) is 0 Å². The summed E-state index contributed by atoms with van der Waals surface area (Å²) in [4.78, 5) is 0. The minimum Gasteiger partial charge on any atom is -0.385 e. The van der Waals surface area contributed by atoms with Gasteiger partial charge in [0.2, 0.25) is 0 Å². The first-order chi connectivity index (χ1) is 8.20. The molecule has 0 aliphatic rings. The lowest BCUT2D eigenvalue weighted by Gasteiger charge is -2.28. The molecule has 17 heavy (non-hydrogen) atoms. The van der Waals surface area contributed by atoms with Crippen LogP contribution in [0.2, 0.25) is 0 Å². The highest BCUT2D eigenvalue weighted by molar-refractivity contribution is 5.19. The molecule has 1 aromatic rings. The third-order valence-corrected chi connectivity index (χ3v) is 3.17. The van der Waals surface area contributed by atoms with Crippen molar-refractivity contribution in [3.8, 4) is 0 Å². The van der Waals surface area contributed by atoms with E-state index in [1.807, 2.05) is 18.2 Å². The van der Waals surface area contributed by atoms with Gasteiger partial charge in [0.1, 0.15) is 0 Å². The standard InChI is InChI=1S/C14H23NO2/c1-11(9-10-16-2)13(15)14(17-3)12-7-5-4-6-8-12/h4-8,11,13-14H,9-10,15H2,1-3H3. The van der Waals surface area contributed by atoms with Gasteiger partial charge in [0.15, 0.2) is 0 Å². The maximum atomic E-state index is 6.26. The third kappa shape index (κ3) is 4.11. The topological polar surface area (TPSA) is 44.5 Å². The van der Waals surface area contributed by atoms with Crippen molar-refractivity contribution in [2.45, 2.75) is 25.5 Å². The van der Waals surface area contributed by atoms with Gasteiger partial charge in [-0.1, -0.05) is 37.3 Å². The summed E-state index contributed by atoms with van der Waals surface area (Å²) in [6.07, 6.45) is 0.896. The van der Waals surface area contributed by atoms with Crippen LogP contribution in [0.5, 0.6) is 0 Å². The van der Waals surface area contributed by atoms with E-state index in [9.17, 15) is 0 Å². The van der Waals surface area contributed by atoms with E-state index in [1.165, 1.54) is 0 Å². The van der Waals surface area contributed by atoms with Gasteiger partial charge < -0.3 is 15.2 Å². The molecule has 3 atom stereocenters. The zero-order valence-corrected chi connectivity index (χ0v) is 10.9. The Morgan fingerprint density at radius 3 is 2.35 bits per heavy atom. The van der Waals surface area contributed by atoms with Gasteiger partial charge in [-0.3, -0.25) is 0 Å². The van der Waals surface area contributed by atoms with Crippen LogP contribution >= 0.6 is 0 Å². The molecule has 1 aromatic carbocycles. The molecule has 0 aromatic heterocycles. The Morgan fingerprint density at radius 1 is 1.18 bits per heavy atom. The Morgan fingerprint density at radius 2 is 1.82 bits per heavy atom. The highest BCUT2D eigenvalue weighted by Crippen LogP contribution is 2.25. The number of nitrogens with two attached hydrogens (primary N) is 1. The van der Waals surface area contributed by atoms with Crippen LogP contribution in [0.4, 0.5) is 0 Å². The molecule has 3 heteroatoms. The van der Waals surface area contributed by atoms with Crippen molar-refractivity contribution in [2.24, 2.45) is 11.7 Å². The molecule has 0 fully saturated rings. The average Bonchev–Trinajstić information content (AvgIpc) is 2.38. The molecule has 0 spiro atoms. The van der Waals surface area contributed by atoms with Crippen molar-refractivity contribution in [1.29, 1.82) is 0 Å². The molecular weight excluding hydrogens is 214 g/mol. The predicted molar refractivity (Wildman–Crippen MR) is 69.8 cm³/mol. The minimum absolute atomic E-state index is 0.0162. The molecule has 0 saturated heterocycles. The zero-order valence-electron chi connectivity index (χ0n) is 10.9. The van der Waals surface area contributed by atoms with Crippen LogP contribution in [0.1, 0.15) is 25.0 Å². The van der Waals surface area contributed by atoms with Gasteiger partial charge in [-0.05, 0) is 17.9 Å². The molecule has 2 N–H and O–H groups in total. The number of benzene rings is 1. The monoisotopic (exact) mass is 237 g/mol. The smallest absolute Gasteiger partial charge is 0.0974 e. The van der Waals surface area contributed by atoms with Gasteiger partial charge in [-0.15, -0.1) is 0 Å². The Labute approximate surface area is 104 Å². The van der Waals surface area contributed by atoms with Crippen LogP contribution in [0, 0.1) is 5.92 Å². The van der Waals surface area contributed by atoms with Crippen LogP contribution in [-0.2, 0) is 9.47 Å². The molecule has 0 bridgehead atoms. The van der Waals surface area contributed by atoms with E-state index >= 15 is 0 Å². The summed E-state index contributed by atoms with van der Waals surface area (Å²) in [6.45, 7) is 2.87. The second kappa shape index (κ2) is 7.43. The molecule has 0 aliphatic carbocycles. The molecule has 0 heterocycles. The SMILES string of the molecule is COCCC(C)C(N)C(OC)c1ccccc1. The van der Waals surface area contributed by atoms with E-state index in [1.54, 1.807) is 14.2 Å². The lowest BCUT2D eigenvalue weighted by Crippen LogP contribution is -2.36. The average molecular weight is 237 g/mol. The van der Waals surface area contributed by atoms with E-state index in [0.29, 0.717) is 5.92 Å². The predicted octanol–water partition coefficient (Wildman–Crippen LogP) is 2.37. The number of hydrogen-bond donors (Lipinski definition) is 1. The molecule has 0 saturated carbocycles. The highest BCUT2D eigenvalue weighted by atomic mass is 16.5. The molecule has 0 amide bonds. The zero-order chi connectivity index (χ0) is 12.7. The summed E-state index contributed by atoms with van der Waals surface area (Å²) in [7, 11) is 3.42. The maximum Gasteiger partial charge on any atom is 0.0974 e. The summed E-state index contributed by atoms with van der Waals surface area (Å²) in [5.74, 6) is 0.361. The minimum atomic E-state index is -0.0527. The van der Waals surface area contributed by atoms with Crippen molar-refractivity contribution < 1.29 is 9.47 Å². The molecule has 3 unspecified atom stereocenters. The molecule has 96 valence electrons. The van der Waals surface area contributed by atoms with Crippen molar-refractivity contribution in [3.05, 3.63) is 35.9 Å². The van der Waals surface area contributed by atoms with Crippen LogP contribution in [0.25, 0.3) is 0 Å². The highest BCUT2D eigenvalue weighted by Gasteiger charge is 2.24. The largest absolute Gasteiger partial charge is 0.385 e. The Bertz CT molecular complexity index is 302. The van der Waals surface area contributed by atoms with Gasteiger partial charge in [-0.2, -0.15) is 0 Å². The maximum absolute atomic E-state index is 6.26. The van der Waals surface area contributed by atoms with E-state index in [2.05, 4.69) is 19.1 Å². The summed E-state index contributed by atoms with van der Waals surface area (Å²) in [5.41, 5.74) is 7.40. The van der Waals surface area contributed by atoms with Gasteiger partial charge in [0.05, 0.1) is 6.10 Å². The van der Waals surface area contributed by atoms with E-state index < -0.39 is 0 Å². The van der Waals surface area contributed by atoms with Crippen molar-refractivity contribution in [1.82, 2.24) is 0 Å². The Hall–Kier alpha value is -0.900. The van der Waals surface area contributed by atoms with Crippen LogP contribution < -0.4 is 5.73 Å². The van der Waals surface area contributed by atoms with E-state index in [0.717, 1.165) is 18.6 Å². The molecule has 0 aliphatic heterocycles. The first-order valence-corrected chi connectivity index (χ1v) is 6.03. The Kier molecular flexibility index (Phi) is 6.19. The lowest BCUT2D eigenvalue weighted by molar-refractivity contribution is 0.0565. The lowest BCUT2D eigenvalue weighted by atomic mass is 9.91. The van der Waals surface area contributed by atoms with Crippen molar-refractivity contribution in [2.75, 3.05) is 20.8 Å². The number of hydrogen-bond acceptors (Lipinski definition) is 3. The third-order valence-electron chi connectivity index (χ3n) is 3.17. The molecule has 3 nitrogen and oxygen atoms in total. The quantitative estimate of drug-likeness (QED) is 0.792. The number of ether oxygens (including phenoxy) is 2. The van der Waals surface area contributed by atoms with Gasteiger partial charge in [0.25, 0.3) is 0 Å². The molecule has 1 rings (SSSR count). The van der Waals surface area contributed by atoms with E-state index in [4.69, 9.17) is 15.2 Å². The first-order valence-electron chi connectivity index (χ1n) is 6.03. The van der Waals surface area contributed by atoms with Crippen LogP contribution in [0.15, 0.2) is 30.3 Å². The molecule has 0 radical (unpaired) electrons. The van der Waals surface area contributed by atoms with Gasteiger partial charge in [0, 0.05) is 26.9 Å². The first kappa shape index (κ1) is 14.2. The normalized spacial score (nSPS) is 16.5. The van der Waals surface area contributed by atoms with Crippen LogP contribution in [-0.4, -0.2) is 26.9 Å². The molecular formula is C14H23NO2. The number of rotatable bonds is 7. The summed E-state index contributed by atoms with van der Waals surface area (Å²) < 4.78 is 10.6. The summed E-state index contributed by atoms with van der Waals surface area (Å²) in [6, 6.07) is 10.1. The van der Waals surface area contributed by atoms with Gasteiger partial charge >= 0.3 is 0 Å². The fraction of sp³-hybridized carbons (Fsp3) is 0.571. The number of methoxy groups -OCH3 is 2. The van der Waals surface area contributed by atoms with Crippen LogP contribution in [0.3, 0.4) is 0 Å². The van der Waals surface area contributed by atoms with E-state index in [-0.39, 0.29) is 12.1 Å². The summed E-state index contributed by atoms with van der Waals surface area (Å²) in [5, 5.41) is 0.